The van der Waals surface area contributed by atoms with E-state index in [4.69, 9.17) is 0 Å². The molecule has 1 unspecified atom stereocenters. The predicted molar refractivity (Wildman–Crippen MR) is 70.3 cm³/mol. The van der Waals surface area contributed by atoms with Crippen LogP contribution in [0.3, 0.4) is 0 Å². The Hall–Kier alpha value is -0.970. The van der Waals surface area contributed by atoms with E-state index in [2.05, 4.69) is 38.9 Å². The zero-order chi connectivity index (χ0) is 11.4. The Kier molecular flexibility index (Phi) is 3.88. The van der Waals surface area contributed by atoms with Gasteiger partial charge in [0.2, 0.25) is 0 Å². The van der Waals surface area contributed by atoms with Crippen LogP contribution in [0.25, 0.3) is 0 Å². The van der Waals surface area contributed by atoms with Gasteiger partial charge < -0.3 is 10.2 Å². The Bertz CT molecular complexity index is 345. The van der Waals surface area contributed by atoms with Gasteiger partial charge in [0.05, 0.1) is 0 Å². The smallest absolute Gasteiger partial charge is 0.134 e. The molecule has 88 valence electrons. The zero-order valence-electron chi connectivity index (χ0n) is 9.81. The molecule has 1 aromatic heterocycles. The lowest BCUT2D eigenvalue weighted by Crippen LogP contribution is -2.38. The Morgan fingerprint density at radius 3 is 3.19 bits per heavy atom. The second-order valence-corrected chi connectivity index (χ2v) is 5.27. The molecule has 0 bridgehead atoms. The first kappa shape index (κ1) is 11.5. The van der Waals surface area contributed by atoms with Gasteiger partial charge in [-0.1, -0.05) is 6.92 Å². The molecule has 0 spiro atoms. The zero-order valence-corrected chi connectivity index (χ0v) is 10.6. The van der Waals surface area contributed by atoms with Crippen molar-refractivity contribution in [3.8, 4) is 0 Å². The molecule has 16 heavy (non-hydrogen) atoms. The summed E-state index contributed by atoms with van der Waals surface area (Å²) in [6, 6.07) is 2.02. The summed E-state index contributed by atoms with van der Waals surface area (Å²) in [6.07, 6.45) is 2.86. The molecular formula is C11H18N4S. The van der Waals surface area contributed by atoms with Crippen LogP contribution in [-0.2, 0) is 0 Å². The third-order valence-corrected chi connectivity index (χ3v) is 4.20. The number of aromatic nitrogens is 2. The van der Waals surface area contributed by atoms with Gasteiger partial charge in [0.1, 0.15) is 18.0 Å². The van der Waals surface area contributed by atoms with Crippen LogP contribution in [0.1, 0.15) is 13.3 Å². The standard InChI is InChI=1S/C11H18N4S/c1-3-9-7-15(4-5-16-9)11-6-10(12-2)13-8-14-11/h6,8-9H,3-5,7H2,1-2H3,(H,12,13,14). The molecule has 1 aliphatic rings. The molecule has 1 atom stereocenters. The van der Waals surface area contributed by atoms with Crippen LogP contribution in [-0.4, -0.2) is 41.1 Å². The first-order chi connectivity index (χ1) is 7.83. The van der Waals surface area contributed by atoms with Crippen molar-refractivity contribution in [2.24, 2.45) is 0 Å². The molecule has 1 N–H and O–H groups in total. The van der Waals surface area contributed by atoms with Crippen LogP contribution in [0.4, 0.5) is 11.6 Å². The minimum atomic E-state index is 0.738. The first-order valence-corrected chi connectivity index (χ1v) is 6.74. The molecule has 1 fully saturated rings. The van der Waals surface area contributed by atoms with Gasteiger partial charge in [-0.25, -0.2) is 9.97 Å². The van der Waals surface area contributed by atoms with E-state index in [1.54, 1.807) is 6.33 Å². The molecular weight excluding hydrogens is 220 g/mol. The SMILES string of the molecule is CCC1CN(c2cc(NC)ncn2)CCS1. The monoisotopic (exact) mass is 238 g/mol. The maximum Gasteiger partial charge on any atom is 0.134 e. The summed E-state index contributed by atoms with van der Waals surface area (Å²) in [4.78, 5) is 10.8. The van der Waals surface area contributed by atoms with Gasteiger partial charge in [-0.3, -0.25) is 0 Å². The largest absolute Gasteiger partial charge is 0.373 e. The minimum absolute atomic E-state index is 0.738. The fourth-order valence-electron chi connectivity index (χ4n) is 1.83. The van der Waals surface area contributed by atoms with Crippen LogP contribution in [0.15, 0.2) is 12.4 Å². The number of nitrogens with one attached hydrogen (secondary N) is 1. The van der Waals surface area contributed by atoms with Gasteiger partial charge in [0.25, 0.3) is 0 Å². The number of hydrogen-bond donors (Lipinski definition) is 1. The molecule has 1 aliphatic heterocycles. The lowest BCUT2D eigenvalue weighted by molar-refractivity contribution is 0.719. The molecule has 1 saturated heterocycles. The van der Waals surface area contributed by atoms with Gasteiger partial charge in [-0.2, -0.15) is 11.8 Å². The third kappa shape index (κ3) is 2.58. The molecule has 0 saturated carbocycles. The highest BCUT2D eigenvalue weighted by Gasteiger charge is 2.20. The Morgan fingerprint density at radius 1 is 1.56 bits per heavy atom. The van der Waals surface area contributed by atoms with Crippen LogP contribution < -0.4 is 10.2 Å². The normalized spacial score (nSPS) is 20.9. The Labute approximate surface area is 101 Å². The van der Waals surface area contributed by atoms with Gasteiger partial charge in [-0.05, 0) is 6.42 Å². The summed E-state index contributed by atoms with van der Waals surface area (Å²) < 4.78 is 0. The molecule has 4 nitrogen and oxygen atoms in total. The van der Waals surface area contributed by atoms with E-state index in [1.165, 1.54) is 12.2 Å². The molecule has 0 aliphatic carbocycles. The lowest BCUT2D eigenvalue weighted by atomic mass is 10.3. The molecule has 0 amide bonds. The lowest BCUT2D eigenvalue weighted by Gasteiger charge is -2.32. The van der Waals surface area contributed by atoms with Gasteiger partial charge >= 0.3 is 0 Å². The van der Waals surface area contributed by atoms with Crippen molar-refractivity contribution in [1.82, 2.24) is 9.97 Å². The molecule has 5 heteroatoms. The Morgan fingerprint density at radius 2 is 2.44 bits per heavy atom. The molecule has 2 heterocycles. The number of hydrogen-bond acceptors (Lipinski definition) is 5. The maximum absolute atomic E-state index is 4.35. The summed E-state index contributed by atoms with van der Waals surface area (Å²) >= 11 is 2.07. The van der Waals surface area contributed by atoms with E-state index in [-0.39, 0.29) is 0 Å². The van der Waals surface area contributed by atoms with Crippen LogP contribution in [0.2, 0.25) is 0 Å². The van der Waals surface area contributed by atoms with Gasteiger partial charge in [0.15, 0.2) is 0 Å². The van der Waals surface area contributed by atoms with E-state index in [9.17, 15) is 0 Å². The highest BCUT2D eigenvalue weighted by molar-refractivity contribution is 8.00. The van der Waals surface area contributed by atoms with Crippen LogP contribution >= 0.6 is 11.8 Å². The second kappa shape index (κ2) is 5.39. The van der Waals surface area contributed by atoms with Crippen LogP contribution in [0.5, 0.6) is 0 Å². The fraction of sp³-hybridized carbons (Fsp3) is 0.636. The average molecular weight is 238 g/mol. The van der Waals surface area contributed by atoms with Crippen molar-refractivity contribution >= 4 is 23.4 Å². The van der Waals surface area contributed by atoms with Crippen molar-refractivity contribution in [3.63, 3.8) is 0 Å². The topological polar surface area (TPSA) is 41.0 Å². The van der Waals surface area contributed by atoms with Gasteiger partial charge in [-0.15, -0.1) is 0 Å². The fourth-order valence-corrected chi connectivity index (χ4v) is 3.01. The number of thioether (sulfide) groups is 1. The quantitative estimate of drug-likeness (QED) is 0.870. The van der Waals surface area contributed by atoms with Crippen molar-refractivity contribution in [1.29, 1.82) is 0 Å². The molecule has 0 radical (unpaired) electrons. The first-order valence-electron chi connectivity index (χ1n) is 5.70. The average Bonchev–Trinajstić information content (AvgIpc) is 2.39. The van der Waals surface area contributed by atoms with E-state index in [1.807, 2.05) is 13.1 Å². The maximum atomic E-state index is 4.35. The number of nitrogens with zero attached hydrogens (tertiary/aromatic N) is 3. The number of rotatable bonds is 3. The third-order valence-electron chi connectivity index (χ3n) is 2.83. The summed E-state index contributed by atoms with van der Waals surface area (Å²) in [5.74, 6) is 3.12. The minimum Gasteiger partial charge on any atom is -0.373 e. The highest BCUT2D eigenvalue weighted by Crippen LogP contribution is 2.25. The van der Waals surface area contributed by atoms with Crippen molar-refractivity contribution in [2.45, 2.75) is 18.6 Å². The summed E-state index contributed by atoms with van der Waals surface area (Å²) in [6.45, 7) is 4.43. The molecule has 2 rings (SSSR count). The second-order valence-electron chi connectivity index (χ2n) is 3.86. The summed E-state index contributed by atoms with van der Waals surface area (Å²) in [7, 11) is 1.88. The molecule has 0 aromatic carbocycles. The Balaban J connectivity index is 2.10. The van der Waals surface area contributed by atoms with Gasteiger partial charge in [0, 0.05) is 37.2 Å². The van der Waals surface area contributed by atoms with Crippen molar-refractivity contribution in [2.75, 3.05) is 36.1 Å². The van der Waals surface area contributed by atoms with E-state index < -0.39 is 0 Å². The summed E-state index contributed by atoms with van der Waals surface area (Å²) in [5.41, 5.74) is 0. The predicted octanol–water partition coefficient (Wildman–Crippen LogP) is 1.85. The van der Waals surface area contributed by atoms with E-state index in [0.29, 0.717) is 0 Å². The molecule has 1 aromatic rings. The van der Waals surface area contributed by atoms with E-state index in [0.717, 1.165) is 30.0 Å². The van der Waals surface area contributed by atoms with Crippen molar-refractivity contribution < 1.29 is 0 Å². The summed E-state index contributed by atoms with van der Waals surface area (Å²) in [5, 5.41) is 3.79. The number of anilines is 2. The van der Waals surface area contributed by atoms with Crippen molar-refractivity contribution in [3.05, 3.63) is 12.4 Å². The highest BCUT2D eigenvalue weighted by atomic mass is 32.2. The van der Waals surface area contributed by atoms with Crippen LogP contribution in [0, 0.1) is 0 Å². The van der Waals surface area contributed by atoms with E-state index >= 15 is 0 Å².